The molecule has 4 atom stereocenters. The number of carbonyl (C=O) groups excluding carboxylic acids is 2. The van der Waals surface area contributed by atoms with E-state index in [0.29, 0.717) is 23.8 Å². The number of ether oxygens (including phenoxy) is 1. The van der Waals surface area contributed by atoms with E-state index in [1.807, 2.05) is 6.07 Å². The molecule has 186 valence electrons. The molecule has 4 saturated carbocycles. The van der Waals surface area contributed by atoms with Gasteiger partial charge in [0.2, 0.25) is 5.91 Å². The van der Waals surface area contributed by atoms with Crippen LogP contribution in [0, 0.1) is 17.3 Å². The van der Waals surface area contributed by atoms with Gasteiger partial charge in [-0.25, -0.2) is 4.79 Å². The van der Waals surface area contributed by atoms with Crippen molar-refractivity contribution in [3.05, 3.63) is 35.9 Å². The van der Waals surface area contributed by atoms with Gasteiger partial charge < -0.3 is 25.6 Å². The van der Waals surface area contributed by atoms with Gasteiger partial charge in [0.1, 0.15) is 11.6 Å². The summed E-state index contributed by atoms with van der Waals surface area (Å²) < 4.78 is 5.47. The highest BCUT2D eigenvalue weighted by Crippen LogP contribution is 2.62. The summed E-state index contributed by atoms with van der Waals surface area (Å²) in [7, 11) is 0. The Bertz CT molecular complexity index is 926. The maximum absolute atomic E-state index is 13.8. The van der Waals surface area contributed by atoms with Crippen molar-refractivity contribution >= 4 is 18.0 Å². The standard InChI is InChI=1S/C26H36N2O6/c1-24(2,3)34-23(32)28-21(25-11-16-9-17(12-25)14-26(33,13-16)15-25)22(31)27-19(10-20(29)30)18-7-5-4-6-8-18/h4-8,16-17,19,21,33H,9-15H2,1-3H3,(H,27,31)(H,28,32)(H,29,30)/t16?,17?,19-,21-,25?,26?/m0/s1. The largest absolute Gasteiger partial charge is 0.481 e. The number of aliphatic hydroxyl groups is 1. The SMILES string of the molecule is CC(C)(C)OC(=O)N[C@@H](C(=O)N[C@@H](CC(=O)O)c1ccccc1)C12CC3CC(CC(O)(C3)C1)C2. The molecule has 1 aromatic rings. The Morgan fingerprint density at radius 2 is 1.68 bits per heavy atom. The first-order valence-corrected chi connectivity index (χ1v) is 12.2. The summed E-state index contributed by atoms with van der Waals surface area (Å²) in [6.45, 7) is 5.27. The van der Waals surface area contributed by atoms with Gasteiger partial charge in [-0.15, -0.1) is 0 Å². The monoisotopic (exact) mass is 472 g/mol. The maximum Gasteiger partial charge on any atom is 0.408 e. The Kier molecular flexibility index (Phi) is 6.40. The van der Waals surface area contributed by atoms with Gasteiger partial charge in [0, 0.05) is 5.41 Å². The number of carbonyl (C=O) groups is 3. The second-order valence-corrected chi connectivity index (χ2v) is 11.7. The van der Waals surface area contributed by atoms with E-state index in [9.17, 15) is 24.6 Å². The van der Waals surface area contributed by atoms with Gasteiger partial charge >= 0.3 is 12.1 Å². The molecule has 0 heterocycles. The van der Waals surface area contributed by atoms with Crippen LogP contribution in [0.25, 0.3) is 0 Å². The van der Waals surface area contributed by atoms with Gasteiger partial charge in [0.05, 0.1) is 18.1 Å². The topological polar surface area (TPSA) is 125 Å². The summed E-state index contributed by atoms with van der Waals surface area (Å²) in [4.78, 5) is 38.1. The third-order valence-corrected chi connectivity index (χ3v) is 7.51. The van der Waals surface area contributed by atoms with Crippen molar-refractivity contribution in [1.29, 1.82) is 0 Å². The van der Waals surface area contributed by atoms with E-state index in [0.717, 1.165) is 32.1 Å². The Morgan fingerprint density at radius 1 is 1.06 bits per heavy atom. The predicted molar refractivity (Wildman–Crippen MR) is 125 cm³/mol. The highest BCUT2D eigenvalue weighted by atomic mass is 16.6. The number of amides is 2. The molecule has 4 fully saturated rings. The molecule has 0 aromatic heterocycles. The van der Waals surface area contributed by atoms with E-state index in [1.54, 1.807) is 45.0 Å². The molecule has 0 radical (unpaired) electrons. The average Bonchev–Trinajstić information content (AvgIpc) is 2.68. The van der Waals surface area contributed by atoms with E-state index in [-0.39, 0.29) is 6.42 Å². The van der Waals surface area contributed by atoms with Crippen LogP contribution in [0.1, 0.15) is 77.3 Å². The van der Waals surface area contributed by atoms with Crippen LogP contribution in [0.15, 0.2) is 30.3 Å². The van der Waals surface area contributed by atoms with Crippen molar-refractivity contribution in [3.63, 3.8) is 0 Å². The fraction of sp³-hybridized carbons (Fsp3) is 0.654. The first kappa shape index (κ1) is 24.5. The minimum Gasteiger partial charge on any atom is -0.481 e. The molecule has 4 aliphatic carbocycles. The Hall–Kier alpha value is -2.61. The second-order valence-electron chi connectivity index (χ2n) is 11.7. The Balaban J connectivity index is 1.63. The van der Waals surface area contributed by atoms with Gasteiger partial charge in [-0.2, -0.15) is 0 Å². The number of alkyl carbamates (subject to hydrolysis) is 1. The molecule has 34 heavy (non-hydrogen) atoms. The van der Waals surface area contributed by atoms with Crippen LogP contribution >= 0.6 is 0 Å². The average molecular weight is 473 g/mol. The zero-order valence-electron chi connectivity index (χ0n) is 20.2. The lowest BCUT2D eigenvalue weighted by Gasteiger charge is -2.62. The first-order valence-electron chi connectivity index (χ1n) is 12.2. The van der Waals surface area contributed by atoms with Crippen LogP contribution in [0.3, 0.4) is 0 Å². The molecule has 0 aliphatic heterocycles. The van der Waals surface area contributed by atoms with Gasteiger partial charge in [-0.05, 0) is 76.7 Å². The molecular weight excluding hydrogens is 436 g/mol. The molecule has 8 heteroatoms. The highest BCUT2D eigenvalue weighted by Gasteiger charge is 2.61. The van der Waals surface area contributed by atoms with Crippen molar-refractivity contribution in [1.82, 2.24) is 10.6 Å². The molecule has 0 spiro atoms. The number of nitrogens with one attached hydrogen (secondary N) is 2. The third kappa shape index (κ3) is 5.37. The normalized spacial score (nSPS) is 31.4. The minimum atomic E-state index is -1.03. The van der Waals surface area contributed by atoms with Gasteiger partial charge in [0.15, 0.2) is 0 Å². The third-order valence-electron chi connectivity index (χ3n) is 7.51. The zero-order chi connectivity index (χ0) is 24.7. The number of hydrogen-bond donors (Lipinski definition) is 4. The summed E-state index contributed by atoms with van der Waals surface area (Å²) in [5.41, 5.74) is -1.47. The smallest absolute Gasteiger partial charge is 0.408 e. The molecule has 2 amide bonds. The molecule has 8 nitrogen and oxygen atoms in total. The highest BCUT2D eigenvalue weighted by molar-refractivity contribution is 5.87. The number of rotatable bonds is 7. The van der Waals surface area contributed by atoms with Crippen molar-refractivity contribution in [3.8, 4) is 0 Å². The minimum absolute atomic E-state index is 0.281. The van der Waals surface area contributed by atoms with Gasteiger partial charge in [-0.1, -0.05) is 30.3 Å². The lowest BCUT2D eigenvalue weighted by Crippen LogP contribution is -2.66. The zero-order valence-corrected chi connectivity index (χ0v) is 20.2. The van der Waals surface area contributed by atoms with Crippen molar-refractivity contribution < 1.29 is 29.3 Å². The van der Waals surface area contributed by atoms with Crippen molar-refractivity contribution in [2.75, 3.05) is 0 Å². The Labute approximate surface area is 200 Å². The quantitative estimate of drug-likeness (QED) is 0.481. The van der Waals surface area contributed by atoms with Gasteiger partial charge in [0.25, 0.3) is 0 Å². The molecular formula is C26H36N2O6. The number of carboxylic acids is 1. The summed E-state index contributed by atoms with van der Waals surface area (Å²) in [5, 5.41) is 26.4. The van der Waals surface area contributed by atoms with Crippen molar-refractivity contribution in [2.24, 2.45) is 17.3 Å². The summed E-state index contributed by atoms with van der Waals surface area (Å²) in [6.07, 6.45) is 3.46. The summed E-state index contributed by atoms with van der Waals surface area (Å²) in [5.74, 6) is -0.849. The molecule has 2 unspecified atom stereocenters. The van der Waals surface area contributed by atoms with E-state index in [2.05, 4.69) is 10.6 Å². The van der Waals surface area contributed by atoms with E-state index in [1.165, 1.54) is 0 Å². The molecule has 1 aromatic carbocycles. The lowest BCUT2D eigenvalue weighted by molar-refractivity contribution is -0.177. The van der Waals surface area contributed by atoms with Crippen LogP contribution in [-0.4, -0.2) is 45.4 Å². The molecule has 4 bridgehead atoms. The molecule has 0 saturated heterocycles. The Morgan fingerprint density at radius 3 is 2.21 bits per heavy atom. The predicted octanol–water partition coefficient (Wildman–Crippen LogP) is 3.54. The fourth-order valence-electron chi connectivity index (χ4n) is 6.91. The van der Waals surface area contributed by atoms with E-state index >= 15 is 0 Å². The van der Waals surface area contributed by atoms with E-state index in [4.69, 9.17) is 4.74 Å². The number of hydrogen-bond acceptors (Lipinski definition) is 5. The molecule has 4 N–H and O–H groups in total. The lowest BCUT2D eigenvalue weighted by atomic mass is 9.46. The number of carboxylic acid groups (broad SMARTS) is 1. The van der Waals surface area contributed by atoms with Crippen LogP contribution in [0.5, 0.6) is 0 Å². The van der Waals surface area contributed by atoms with E-state index < -0.39 is 46.7 Å². The first-order chi connectivity index (χ1) is 15.9. The number of benzene rings is 1. The molecule has 5 rings (SSSR count). The number of aliphatic carboxylic acids is 1. The maximum atomic E-state index is 13.8. The summed E-state index contributed by atoms with van der Waals surface area (Å²) in [6, 6.07) is 7.29. The summed E-state index contributed by atoms with van der Waals surface area (Å²) >= 11 is 0. The molecule has 4 aliphatic rings. The van der Waals surface area contributed by atoms with Gasteiger partial charge in [-0.3, -0.25) is 9.59 Å². The van der Waals surface area contributed by atoms with Crippen LogP contribution < -0.4 is 10.6 Å². The fourth-order valence-corrected chi connectivity index (χ4v) is 6.91. The second kappa shape index (κ2) is 8.87. The van der Waals surface area contributed by atoms with Crippen LogP contribution in [0.2, 0.25) is 0 Å². The van der Waals surface area contributed by atoms with Crippen molar-refractivity contribution in [2.45, 2.75) is 89.0 Å². The van der Waals surface area contributed by atoms with Crippen LogP contribution in [0.4, 0.5) is 4.79 Å². The van der Waals surface area contributed by atoms with Crippen LogP contribution in [-0.2, 0) is 14.3 Å².